The minimum atomic E-state index is -0.690. The predicted octanol–water partition coefficient (Wildman–Crippen LogP) is 3.41. The fraction of sp³-hybridized carbons (Fsp3) is 0.348. The number of fused-ring (bicyclic) bond motifs is 1. The SMILES string of the molecule is CC(C)(C(=O)N1CCN(Cc2cc3cnccc3[nH]2)C(C=O)C1)c1ccc(Cl)cc1. The average Bonchev–Trinajstić information content (AvgIpc) is 3.16. The monoisotopic (exact) mass is 424 g/mol. The van der Waals surface area contributed by atoms with Crippen molar-refractivity contribution in [2.24, 2.45) is 0 Å². The molecule has 0 aliphatic carbocycles. The zero-order chi connectivity index (χ0) is 21.3. The van der Waals surface area contributed by atoms with Gasteiger partial charge < -0.3 is 14.7 Å². The molecule has 1 N–H and O–H groups in total. The van der Waals surface area contributed by atoms with Gasteiger partial charge in [0.2, 0.25) is 5.91 Å². The molecule has 2 aromatic heterocycles. The number of pyridine rings is 1. The van der Waals surface area contributed by atoms with E-state index in [0.717, 1.165) is 28.4 Å². The Morgan fingerprint density at radius 1 is 1.27 bits per heavy atom. The summed E-state index contributed by atoms with van der Waals surface area (Å²) in [7, 11) is 0. The molecule has 156 valence electrons. The van der Waals surface area contributed by atoms with E-state index in [1.807, 2.05) is 38.2 Å². The second kappa shape index (κ2) is 8.20. The van der Waals surface area contributed by atoms with Crippen LogP contribution < -0.4 is 0 Å². The number of rotatable bonds is 5. The fourth-order valence-electron chi connectivity index (χ4n) is 4.08. The molecule has 7 heteroatoms. The Morgan fingerprint density at radius 2 is 2.03 bits per heavy atom. The van der Waals surface area contributed by atoms with E-state index in [1.165, 1.54) is 0 Å². The van der Waals surface area contributed by atoms with Gasteiger partial charge in [-0.1, -0.05) is 23.7 Å². The molecule has 0 bridgehead atoms. The number of aromatic nitrogens is 2. The molecule has 0 spiro atoms. The van der Waals surface area contributed by atoms with Crippen molar-refractivity contribution in [1.29, 1.82) is 0 Å². The molecule has 1 aliphatic heterocycles. The zero-order valence-electron chi connectivity index (χ0n) is 17.1. The number of benzene rings is 1. The van der Waals surface area contributed by atoms with Gasteiger partial charge in [-0.25, -0.2) is 0 Å². The maximum absolute atomic E-state index is 13.3. The molecule has 1 fully saturated rings. The van der Waals surface area contributed by atoms with Gasteiger partial charge in [0, 0.05) is 60.2 Å². The first-order chi connectivity index (χ1) is 14.4. The van der Waals surface area contributed by atoms with Gasteiger partial charge in [0.05, 0.1) is 11.5 Å². The van der Waals surface area contributed by atoms with Crippen molar-refractivity contribution < 1.29 is 9.59 Å². The van der Waals surface area contributed by atoms with Crippen molar-refractivity contribution in [1.82, 2.24) is 19.8 Å². The van der Waals surface area contributed by atoms with Crippen LogP contribution in [0.25, 0.3) is 10.9 Å². The molecule has 1 aromatic carbocycles. The van der Waals surface area contributed by atoms with E-state index in [0.29, 0.717) is 31.2 Å². The summed E-state index contributed by atoms with van der Waals surface area (Å²) in [5.41, 5.74) is 2.28. The number of aldehydes is 1. The molecule has 0 saturated carbocycles. The van der Waals surface area contributed by atoms with Gasteiger partial charge in [0.15, 0.2) is 0 Å². The maximum Gasteiger partial charge on any atom is 0.232 e. The molecule has 30 heavy (non-hydrogen) atoms. The second-order valence-corrected chi connectivity index (χ2v) is 8.75. The second-order valence-electron chi connectivity index (χ2n) is 8.31. The van der Waals surface area contributed by atoms with Crippen molar-refractivity contribution >= 4 is 34.7 Å². The Kier molecular flexibility index (Phi) is 5.62. The van der Waals surface area contributed by atoms with Crippen molar-refractivity contribution in [2.75, 3.05) is 19.6 Å². The number of nitrogens with one attached hydrogen (secondary N) is 1. The highest BCUT2D eigenvalue weighted by Gasteiger charge is 2.37. The lowest BCUT2D eigenvalue weighted by Crippen LogP contribution is -2.57. The molecular formula is C23H25ClN4O2. The van der Waals surface area contributed by atoms with E-state index in [-0.39, 0.29) is 11.9 Å². The molecule has 1 unspecified atom stereocenters. The fourth-order valence-corrected chi connectivity index (χ4v) is 4.20. The van der Waals surface area contributed by atoms with E-state index < -0.39 is 5.41 Å². The van der Waals surface area contributed by atoms with Gasteiger partial charge in [-0.2, -0.15) is 0 Å². The van der Waals surface area contributed by atoms with E-state index >= 15 is 0 Å². The number of amides is 1. The van der Waals surface area contributed by atoms with E-state index in [1.54, 1.807) is 23.2 Å². The first kappa shape index (κ1) is 20.6. The standard InChI is InChI=1S/C23H25ClN4O2/c1-23(2,17-3-5-18(24)6-4-17)22(30)28-10-9-27(20(14-28)15-29)13-19-11-16-12-25-8-7-21(16)26-19/h3-8,11-12,15,20,26H,9-10,13-14H2,1-2H3. The van der Waals surface area contributed by atoms with Crippen molar-refractivity contribution in [3.05, 3.63) is 65.1 Å². The number of aromatic amines is 1. The van der Waals surface area contributed by atoms with E-state index in [9.17, 15) is 9.59 Å². The third-order valence-electron chi connectivity index (χ3n) is 5.93. The third-order valence-corrected chi connectivity index (χ3v) is 6.18. The highest BCUT2D eigenvalue weighted by molar-refractivity contribution is 6.30. The first-order valence-corrected chi connectivity index (χ1v) is 10.4. The van der Waals surface area contributed by atoms with Crippen LogP contribution in [0, 0.1) is 0 Å². The molecule has 1 aliphatic rings. The van der Waals surface area contributed by atoms with Crippen LogP contribution in [-0.4, -0.2) is 57.6 Å². The van der Waals surface area contributed by atoms with Gasteiger partial charge in [0.1, 0.15) is 6.29 Å². The molecule has 3 aromatic rings. The number of carbonyl (C=O) groups is 2. The molecular weight excluding hydrogens is 400 g/mol. The van der Waals surface area contributed by atoms with Gasteiger partial charge in [-0.05, 0) is 43.7 Å². The molecule has 1 amide bonds. The van der Waals surface area contributed by atoms with Crippen LogP contribution in [0.1, 0.15) is 25.1 Å². The Hall–Kier alpha value is -2.70. The Balaban J connectivity index is 1.46. The summed E-state index contributed by atoms with van der Waals surface area (Å²) in [6.07, 6.45) is 4.52. The lowest BCUT2D eigenvalue weighted by Gasteiger charge is -2.41. The predicted molar refractivity (Wildman–Crippen MR) is 117 cm³/mol. The van der Waals surface area contributed by atoms with Gasteiger partial charge >= 0.3 is 0 Å². The average molecular weight is 425 g/mol. The quantitative estimate of drug-likeness (QED) is 0.637. The molecule has 6 nitrogen and oxygen atoms in total. The topological polar surface area (TPSA) is 69.3 Å². The summed E-state index contributed by atoms with van der Waals surface area (Å²) < 4.78 is 0. The van der Waals surface area contributed by atoms with Crippen LogP contribution in [0.3, 0.4) is 0 Å². The summed E-state index contributed by atoms with van der Waals surface area (Å²) in [5.74, 6) is 0.0213. The molecule has 4 rings (SSSR count). The third kappa shape index (κ3) is 3.98. The summed E-state index contributed by atoms with van der Waals surface area (Å²) in [6, 6.07) is 11.0. The smallest absolute Gasteiger partial charge is 0.232 e. The number of nitrogens with zero attached hydrogens (tertiary/aromatic N) is 3. The lowest BCUT2D eigenvalue weighted by molar-refractivity contribution is -0.140. The maximum atomic E-state index is 13.3. The van der Waals surface area contributed by atoms with Crippen LogP contribution >= 0.6 is 11.6 Å². The lowest BCUT2D eigenvalue weighted by atomic mass is 9.83. The van der Waals surface area contributed by atoms with E-state index in [2.05, 4.69) is 20.9 Å². The first-order valence-electron chi connectivity index (χ1n) is 10.0. The molecule has 0 radical (unpaired) electrons. The van der Waals surface area contributed by atoms with Crippen LogP contribution in [0.4, 0.5) is 0 Å². The summed E-state index contributed by atoms with van der Waals surface area (Å²) in [6.45, 7) is 6.07. The highest BCUT2D eigenvalue weighted by atomic mass is 35.5. The Labute approximate surface area is 180 Å². The van der Waals surface area contributed by atoms with Crippen LogP contribution in [-0.2, 0) is 21.5 Å². The number of halogens is 1. The van der Waals surface area contributed by atoms with Gasteiger partial charge in [0.25, 0.3) is 0 Å². The van der Waals surface area contributed by atoms with Gasteiger partial charge in [-0.15, -0.1) is 0 Å². The Morgan fingerprint density at radius 3 is 2.73 bits per heavy atom. The number of H-pyrrole nitrogens is 1. The highest BCUT2D eigenvalue weighted by Crippen LogP contribution is 2.28. The van der Waals surface area contributed by atoms with Gasteiger partial charge in [-0.3, -0.25) is 14.7 Å². The summed E-state index contributed by atoms with van der Waals surface area (Å²) >= 11 is 5.99. The number of hydrogen-bond donors (Lipinski definition) is 1. The summed E-state index contributed by atoms with van der Waals surface area (Å²) in [4.78, 5) is 36.6. The molecule has 1 atom stereocenters. The van der Waals surface area contributed by atoms with Crippen LogP contribution in [0.2, 0.25) is 5.02 Å². The van der Waals surface area contributed by atoms with Crippen LogP contribution in [0.15, 0.2) is 48.8 Å². The van der Waals surface area contributed by atoms with E-state index in [4.69, 9.17) is 11.6 Å². The largest absolute Gasteiger partial charge is 0.357 e. The van der Waals surface area contributed by atoms with Crippen molar-refractivity contribution in [2.45, 2.75) is 31.8 Å². The molecule has 3 heterocycles. The number of hydrogen-bond acceptors (Lipinski definition) is 4. The molecule has 1 saturated heterocycles. The zero-order valence-corrected chi connectivity index (χ0v) is 17.9. The normalized spacial score (nSPS) is 18.0. The minimum Gasteiger partial charge on any atom is -0.357 e. The number of carbonyl (C=O) groups excluding carboxylic acids is 2. The van der Waals surface area contributed by atoms with Crippen molar-refractivity contribution in [3.63, 3.8) is 0 Å². The minimum absolute atomic E-state index is 0.0213. The summed E-state index contributed by atoms with van der Waals surface area (Å²) in [5, 5.41) is 1.69. The Bertz CT molecular complexity index is 1030. The van der Waals surface area contributed by atoms with Crippen LogP contribution in [0.5, 0.6) is 0 Å². The number of piperazine rings is 1. The van der Waals surface area contributed by atoms with Crippen molar-refractivity contribution in [3.8, 4) is 0 Å².